The smallest absolute Gasteiger partial charge is 0.164 e. The molecule has 0 spiro atoms. The van der Waals surface area contributed by atoms with Crippen molar-refractivity contribution < 1.29 is 31.7 Å². The van der Waals surface area contributed by atoms with Crippen LogP contribution in [0.4, 0.5) is 0 Å². The lowest BCUT2D eigenvalue weighted by molar-refractivity contribution is -0.00000723. The highest BCUT2D eigenvalue weighted by molar-refractivity contribution is 5.50. The van der Waals surface area contributed by atoms with Crippen LogP contribution in [0, 0.1) is 0 Å². The summed E-state index contributed by atoms with van der Waals surface area (Å²) in [5.41, 5.74) is 1.82. The minimum absolute atomic E-state index is 0. The van der Waals surface area contributed by atoms with Gasteiger partial charge in [0.1, 0.15) is 5.75 Å². The number of aliphatic hydroxyl groups is 1. The van der Waals surface area contributed by atoms with Crippen LogP contribution in [0.15, 0.2) is 42.5 Å². The van der Waals surface area contributed by atoms with Gasteiger partial charge in [0.2, 0.25) is 0 Å². The molecule has 0 fully saturated rings. The van der Waals surface area contributed by atoms with E-state index < -0.39 is 6.10 Å². The van der Waals surface area contributed by atoms with Gasteiger partial charge in [0.05, 0.1) is 27.4 Å². The molecule has 1 atom stereocenters. The maximum atomic E-state index is 10.2. The fourth-order valence-electron chi connectivity index (χ4n) is 2.37. The average Bonchev–Trinajstić information content (AvgIpc) is 2.61. The summed E-state index contributed by atoms with van der Waals surface area (Å²) in [4.78, 5) is 0. The van der Waals surface area contributed by atoms with E-state index in [0.717, 1.165) is 11.1 Å². The molecule has 0 aliphatic rings. The van der Waals surface area contributed by atoms with E-state index in [2.05, 4.69) is 5.32 Å². The molecule has 6 heteroatoms. The van der Waals surface area contributed by atoms with E-state index in [0.29, 0.717) is 30.3 Å². The SMILES string of the molecule is COc1cc(OC)c(OC)cc1CNCC(O)c1ccccc1.[Cl-]. The molecule has 0 aromatic heterocycles. The zero-order valence-electron chi connectivity index (χ0n) is 14.1. The van der Waals surface area contributed by atoms with Gasteiger partial charge >= 0.3 is 0 Å². The van der Waals surface area contributed by atoms with Crippen molar-refractivity contribution in [2.75, 3.05) is 27.9 Å². The van der Waals surface area contributed by atoms with E-state index in [1.807, 2.05) is 36.4 Å². The number of ether oxygens (including phenoxy) is 3. The summed E-state index contributed by atoms with van der Waals surface area (Å²) in [5, 5.41) is 13.4. The molecule has 1 unspecified atom stereocenters. The molecule has 0 saturated carbocycles. The van der Waals surface area contributed by atoms with E-state index in [1.165, 1.54) is 0 Å². The molecule has 0 saturated heterocycles. The van der Waals surface area contributed by atoms with Crippen LogP contribution in [0.1, 0.15) is 17.2 Å². The molecule has 0 heterocycles. The third-order valence-corrected chi connectivity index (χ3v) is 3.62. The summed E-state index contributed by atoms with van der Waals surface area (Å²) in [6.07, 6.45) is -0.553. The van der Waals surface area contributed by atoms with Crippen molar-refractivity contribution in [2.24, 2.45) is 0 Å². The molecular formula is C18H23ClNO4-. The molecule has 0 bridgehead atoms. The molecule has 0 aliphatic carbocycles. The summed E-state index contributed by atoms with van der Waals surface area (Å²) in [6, 6.07) is 13.2. The second-order valence-electron chi connectivity index (χ2n) is 5.08. The van der Waals surface area contributed by atoms with Crippen LogP contribution in [0.2, 0.25) is 0 Å². The van der Waals surface area contributed by atoms with Crippen LogP contribution >= 0.6 is 0 Å². The fraction of sp³-hybridized carbons (Fsp3) is 0.333. The van der Waals surface area contributed by atoms with Crippen LogP contribution in [0.3, 0.4) is 0 Å². The number of benzene rings is 2. The average molecular weight is 353 g/mol. The monoisotopic (exact) mass is 352 g/mol. The fourth-order valence-corrected chi connectivity index (χ4v) is 2.37. The van der Waals surface area contributed by atoms with Crippen molar-refractivity contribution >= 4 is 0 Å². The largest absolute Gasteiger partial charge is 1.00 e. The Labute approximate surface area is 149 Å². The quantitative estimate of drug-likeness (QED) is 0.673. The van der Waals surface area contributed by atoms with Crippen LogP contribution in [-0.2, 0) is 6.54 Å². The van der Waals surface area contributed by atoms with Crippen molar-refractivity contribution in [3.63, 3.8) is 0 Å². The summed E-state index contributed by atoms with van der Waals surface area (Å²) >= 11 is 0. The van der Waals surface area contributed by atoms with Crippen LogP contribution in [0.5, 0.6) is 17.2 Å². The van der Waals surface area contributed by atoms with E-state index in [1.54, 1.807) is 27.4 Å². The molecule has 2 rings (SSSR count). The highest BCUT2D eigenvalue weighted by Gasteiger charge is 2.12. The molecule has 0 aliphatic heterocycles. The topological polar surface area (TPSA) is 60.0 Å². The summed E-state index contributed by atoms with van der Waals surface area (Å²) in [5.74, 6) is 1.98. The Hall–Kier alpha value is -1.95. The van der Waals surface area contributed by atoms with Gasteiger partial charge in [-0.1, -0.05) is 30.3 Å². The van der Waals surface area contributed by atoms with Gasteiger partial charge in [0.25, 0.3) is 0 Å². The Morgan fingerprint density at radius 2 is 1.50 bits per heavy atom. The lowest BCUT2D eigenvalue weighted by atomic mass is 10.1. The van der Waals surface area contributed by atoms with Gasteiger partial charge in [-0.15, -0.1) is 0 Å². The van der Waals surface area contributed by atoms with Gasteiger partial charge in [0.15, 0.2) is 11.5 Å². The number of nitrogens with one attached hydrogen (secondary N) is 1. The number of halogens is 1. The van der Waals surface area contributed by atoms with Gasteiger partial charge in [-0.2, -0.15) is 0 Å². The minimum Gasteiger partial charge on any atom is -1.00 e. The Morgan fingerprint density at radius 3 is 2.08 bits per heavy atom. The maximum Gasteiger partial charge on any atom is 0.164 e. The van der Waals surface area contributed by atoms with Gasteiger partial charge < -0.3 is 37.0 Å². The third kappa shape index (κ3) is 5.03. The first-order chi connectivity index (χ1) is 11.2. The second kappa shape index (κ2) is 10.0. The number of methoxy groups -OCH3 is 3. The van der Waals surface area contributed by atoms with Gasteiger partial charge in [-0.05, 0) is 11.6 Å². The van der Waals surface area contributed by atoms with Crippen LogP contribution < -0.4 is 31.9 Å². The number of rotatable bonds is 8. The molecular weight excluding hydrogens is 330 g/mol. The third-order valence-electron chi connectivity index (χ3n) is 3.62. The first-order valence-electron chi connectivity index (χ1n) is 7.42. The first kappa shape index (κ1) is 20.1. The molecule has 0 amide bonds. The van der Waals surface area contributed by atoms with Crippen molar-refractivity contribution in [1.29, 1.82) is 0 Å². The number of hydrogen-bond acceptors (Lipinski definition) is 5. The predicted octanol–water partition coefficient (Wildman–Crippen LogP) is -0.460. The Balaban J connectivity index is 0.00000288. The van der Waals surface area contributed by atoms with E-state index in [9.17, 15) is 5.11 Å². The molecule has 24 heavy (non-hydrogen) atoms. The number of aliphatic hydroxyl groups excluding tert-OH is 1. The highest BCUT2D eigenvalue weighted by atomic mass is 35.5. The summed E-state index contributed by atoms with van der Waals surface area (Å²) < 4.78 is 16.0. The Bertz CT molecular complexity index is 622. The lowest BCUT2D eigenvalue weighted by Gasteiger charge is -2.16. The van der Waals surface area contributed by atoms with Crippen molar-refractivity contribution in [3.05, 3.63) is 53.6 Å². The maximum absolute atomic E-state index is 10.2. The van der Waals surface area contributed by atoms with Crippen molar-refractivity contribution in [1.82, 2.24) is 5.32 Å². The lowest BCUT2D eigenvalue weighted by Crippen LogP contribution is -3.00. The first-order valence-corrected chi connectivity index (χ1v) is 7.42. The van der Waals surface area contributed by atoms with E-state index >= 15 is 0 Å². The second-order valence-corrected chi connectivity index (χ2v) is 5.08. The van der Waals surface area contributed by atoms with Gasteiger partial charge in [-0.3, -0.25) is 0 Å². The molecule has 0 radical (unpaired) electrons. The zero-order chi connectivity index (χ0) is 16.7. The Morgan fingerprint density at radius 1 is 0.917 bits per heavy atom. The van der Waals surface area contributed by atoms with Crippen LogP contribution in [0.25, 0.3) is 0 Å². The van der Waals surface area contributed by atoms with Crippen molar-refractivity contribution in [2.45, 2.75) is 12.6 Å². The highest BCUT2D eigenvalue weighted by Crippen LogP contribution is 2.34. The molecule has 2 aromatic carbocycles. The van der Waals surface area contributed by atoms with Gasteiger partial charge in [0, 0.05) is 24.7 Å². The molecule has 2 N–H and O–H groups in total. The summed E-state index contributed by atoms with van der Waals surface area (Å²) in [6.45, 7) is 0.995. The minimum atomic E-state index is -0.553. The Kier molecular flexibility index (Phi) is 8.40. The normalized spacial score (nSPS) is 11.3. The molecule has 2 aromatic rings. The summed E-state index contributed by atoms with van der Waals surface area (Å²) in [7, 11) is 4.80. The van der Waals surface area contributed by atoms with Crippen molar-refractivity contribution in [3.8, 4) is 17.2 Å². The molecule has 132 valence electrons. The van der Waals surface area contributed by atoms with E-state index in [-0.39, 0.29) is 12.4 Å². The van der Waals surface area contributed by atoms with Gasteiger partial charge in [-0.25, -0.2) is 0 Å². The van der Waals surface area contributed by atoms with Crippen LogP contribution in [-0.4, -0.2) is 33.0 Å². The standard InChI is InChI=1S/C18H23NO4.ClH/c1-21-16-10-18(23-3)17(22-2)9-14(16)11-19-12-15(20)13-7-5-4-6-8-13;/h4-10,15,19-20H,11-12H2,1-3H3;1H/p-1. The predicted molar refractivity (Wildman–Crippen MR) is 89.2 cm³/mol. The zero-order valence-corrected chi connectivity index (χ0v) is 14.8. The molecule has 5 nitrogen and oxygen atoms in total. The number of hydrogen-bond donors (Lipinski definition) is 2. The van der Waals surface area contributed by atoms with E-state index in [4.69, 9.17) is 14.2 Å².